The van der Waals surface area contributed by atoms with Crippen molar-refractivity contribution in [1.82, 2.24) is 5.32 Å². The summed E-state index contributed by atoms with van der Waals surface area (Å²) in [5, 5.41) is 11.9. The minimum atomic E-state index is -0.786. The Morgan fingerprint density at radius 2 is 1.94 bits per heavy atom. The van der Waals surface area contributed by atoms with Gasteiger partial charge >= 0.3 is 5.97 Å². The molecule has 5 heteroatoms. The van der Waals surface area contributed by atoms with Crippen LogP contribution in [0.2, 0.25) is 0 Å². The van der Waals surface area contributed by atoms with Gasteiger partial charge in [0.05, 0.1) is 6.42 Å². The van der Waals surface area contributed by atoms with Gasteiger partial charge in [-0.2, -0.15) is 0 Å². The maximum absolute atomic E-state index is 11.0. The number of hydrogen-bond acceptors (Lipinski definition) is 3. The lowest BCUT2D eigenvalue weighted by Crippen LogP contribution is -2.41. The minimum Gasteiger partial charge on any atom is -0.481 e. The summed E-state index contributed by atoms with van der Waals surface area (Å²) in [5.74, 6) is -0.990. The lowest BCUT2D eigenvalue weighted by Gasteiger charge is -2.29. The Morgan fingerprint density at radius 3 is 2.38 bits per heavy atom. The van der Waals surface area contributed by atoms with E-state index < -0.39 is 5.97 Å². The van der Waals surface area contributed by atoms with E-state index in [4.69, 9.17) is 10.8 Å². The predicted octanol–water partition coefficient (Wildman–Crippen LogP) is 0.483. The van der Waals surface area contributed by atoms with E-state index in [1.807, 2.05) is 6.92 Å². The van der Waals surface area contributed by atoms with Crippen LogP contribution in [0.3, 0.4) is 0 Å². The normalized spacial score (nSPS) is 27.3. The van der Waals surface area contributed by atoms with Crippen LogP contribution in [0.4, 0.5) is 0 Å². The van der Waals surface area contributed by atoms with Gasteiger partial charge in [-0.25, -0.2) is 0 Å². The molecule has 0 bridgehead atoms. The van der Waals surface area contributed by atoms with Gasteiger partial charge in [0, 0.05) is 18.0 Å². The molecule has 0 spiro atoms. The van der Waals surface area contributed by atoms with Crippen LogP contribution in [0.15, 0.2) is 0 Å². The molecule has 1 rings (SSSR count). The van der Waals surface area contributed by atoms with Gasteiger partial charge in [0.1, 0.15) is 0 Å². The number of hydrogen-bond donors (Lipinski definition) is 3. The lowest BCUT2D eigenvalue weighted by molar-refractivity contribution is -0.137. The zero-order valence-corrected chi connectivity index (χ0v) is 9.61. The highest BCUT2D eigenvalue weighted by molar-refractivity contribution is 5.76. The molecule has 0 aliphatic heterocycles. The van der Waals surface area contributed by atoms with E-state index in [1.54, 1.807) is 0 Å². The van der Waals surface area contributed by atoms with Gasteiger partial charge in [-0.05, 0) is 32.6 Å². The Labute approximate surface area is 95.4 Å². The van der Waals surface area contributed by atoms with Gasteiger partial charge in [0.15, 0.2) is 0 Å². The lowest BCUT2D eigenvalue weighted by atomic mass is 9.85. The first-order valence-corrected chi connectivity index (χ1v) is 5.76. The number of aliphatic carboxylic acids is 1. The number of carboxylic acids is 1. The monoisotopic (exact) mass is 228 g/mol. The minimum absolute atomic E-state index is 0.00725. The molecule has 1 atom stereocenters. The quantitative estimate of drug-likeness (QED) is 0.638. The number of amides is 1. The highest BCUT2D eigenvalue weighted by Crippen LogP contribution is 2.24. The van der Waals surface area contributed by atoms with Crippen molar-refractivity contribution in [3.63, 3.8) is 0 Å². The Hall–Kier alpha value is -1.10. The molecule has 1 saturated carbocycles. The molecule has 92 valence electrons. The topological polar surface area (TPSA) is 92.4 Å². The molecule has 1 aliphatic rings. The molecule has 1 amide bonds. The summed E-state index contributed by atoms with van der Waals surface area (Å²) < 4.78 is 0. The molecular weight excluding hydrogens is 208 g/mol. The van der Waals surface area contributed by atoms with Gasteiger partial charge < -0.3 is 16.2 Å². The summed E-state index contributed by atoms with van der Waals surface area (Å²) in [6.45, 7) is 1.87. The number of carbonyl (C=O) groups is 2. The Balaban J connectivity index is 2.26. The smallest absolute Gasteiger partial charge is 0.304 e. The number of carbonyl (C=O) groups excluding carboxylic acids is 1. The van der Waals surface area contributed by atoms with E-state index in [2.05, 4.69) is 5.32 Å². The SMILES string of the molecule is CC(CC(=O)O)NC1CCC(C(N)=O)CC1. The second-order valence-corrected chi connectivity index (χ2v) is 4.62. The highest BCUT2D eigenvalue weighted by Gasteiger charge is 2.25. The fraction of sp³-hybridized carbons (Fsp3) is 0.818. The average molecular weight is 228 g/mol. The van der Waals surface area contributed by atoms with Crippen molar-refractivity contribution in [1.29, 1.82) is 0 Å². The van der Waals surface area contributed by atoms with E-state index in [1.165, 1.54) is 0 Å². The molecule has 16 heavy (non-hydrogen) atoms. The average Bonchev–Trinajstić information content (AvgIpc) is 2.16. The van der Waals surface area contributed by atoms with Crippen molar-refractivity contribution in [2.75, 3.05) is 0 Å². The van der Waals surface area contributed by atoms with E-state index in [-0.39, 0.29) is 24.3 Å². The summed E-state index contributed by atoms with van der Waals surface area (Å²) in [6.07, 6.45) is 3.56. The molecule has 0 saturated heterocycles. The molecule has 1 unspecified atom stereocenters. The number of rotatable bonds is 5. The van der Waals surface area contributed by atoms with Gasteiger partial charge in [-0.1, -0.05) is 0 Å². The molecule has 0 radical (unpaired) electrons. The summed E-state index contributed by atoms with van der Waals surface area (Å²) in [6, 6.07) is 0.303. The molecule has 4 N–H and O–H groups in total. The molecule has 0 aromatic carbocycles. The third-order valence-corrected chi connectivity index (χ3v) is 3.13. The van der Waals surface area contributed by atoms with Gasteiger partial charge in [0.25, 0.3) is 0 Å². The third-order valence-electron chi connectivity index (χ3n) is 3.13. The van der Waals surface area contributed by atoms with Crippen molar-refractivity contribution in [3.8, 4) is 0 Å². The van der Waals surface area contributed by atoms with E-state index >= 15 is 0 Å². The Morgan fingerprint density at radius 1 is 1.38 bits per heavy atom. The van der Waals surface area contributed by atoms with Crippen molar-refractivity contribution >= 4 is 11.9 Å². The van der Waals surface area contributed by atoms with Crippen LogP contribution in [0.25, 0.3) is 0 Å². The molecule has 1 aliphatic carbocycles. The molecule has 0 aromatic rings. The van der Waals surface area contributed by atoms with Crippen molar-refractivity contribution in [2.45, 2.75) is 51.1 Å². The van der Waals surface area contributed by atoms with E-state index in [9.17, 15) is 9.59 Å². The van der Waals surface area contributed by atoms with Crippen LogP contribution in [0.1, 0.15) is 39.0 Å². The Kier molecular flexibility index (Phi) is 4.73. The zero-order valence-electron chi connectivity index (χ0n) is 9.61. The third kappa shape index (κ3) is 4.18. The maximum atomic E-state index is 11.0. The fourth-order valence-electron chi connectivity index (χ4n) is 2.27. The zero-order chi connectivity index (χ0) is 12.1. The number of nitrogens with one attached hydrogen (secondary N) is 1. The maximum Gasteiger partial charge on any atom is 0.304 e. The standard InChI is InChI=1S/C11H20N2O3/c1-7(6-10(14)15)13-9-4-2-8(3-5-9)11(12)16/h7-9,13H,2-6H2,1H3,(H2,12,16)(H,14,15). The van der Waals surface area contributed by atoms with Gasteiger partial charge in [-0.3, -0.25) is 9.59 Å². The van der Waals surface area contributed by atoms with E-state index in [0.717, 1.165) is 25.7 Å². The summed E-state index contributed by atoms with van der Waals surface area (Å²) in [7, 11) is 0. The second-order valence-electron chi connectivity index (χ2n) is 4.62. The summed E-state index contributed by atoms with van der Waals surface area (Å²) >= 11 is 0. The number of primary amides is 1. The van der Waals surface area contributed by atoms with Crippen LogP contribution in [-0.4, -0.2) is 29.1 Å². The number of nitrogens with two attached hydrogens (primary N) is 1. The first-order chi connectivity index (χ1) is 7.49. The van der Waals surface area contributed by atoms with Crippen LogP contribution in [0, 0.1) is 5.92 Å². The van der Waals surface area contributed by atoms with Crippen LogP contribution in [-0.2, 0) is 9.59 Å². The molecule has 1 fully saturated rings. The molecular formula is C11H20N2O3. The number of carboxylic acid groups (broad SMARTS) is 1. The van der Waals surface area contributed by atoms with Crippen LogP contribution >= 0.6 is 0 Å². The fourth-order valence-corrected chi connectivity index (χ4v) is 2.27. The predicted molar refractivity (Wildman–Crippen MR) is 59.8 cm³/mol. The molecule has 0 aromatic heterocycles. The van der Waals surface area contributed by atoms with Crippen molar-refractivity contribution in [2.24, 2.45) is 11.7 Å². The van der Waals surface area contributed by atoms with E-state index in [0.29, 0.717) is 6.04 Å². The summed E-state index contributed by atoms with van der Waals surface area (Å²) in [4.78, 5) is 21.4. The molecule has 0 heterocycles. The van der Waals surface area contributed by atoms with Crippen molar-refractivity contribution < 1.29 is 14.7 Å². The summed E-state index contributed by atoms with van der Waals surface area (Å²) in [5.41, 5.74) is 5.24. The van der Waals surface area contributed by atoms with Crippen molar-refractivity contribution in [3.05, 3.63) is 0 Å². The Bertz CT molecular complexity index is 260. The van der Waals surface area contributed by atoms with Gasteiger partial charge in [0.2, 0.25) is 5.91 Å². The van der Waals surface area contributed by atoms with Crippen LogP contribution in [0.5, 0.6) is 0 Å². The first-order valence-electron chi connectivity index (χ1n) is 5.76. The van der Waals surface area contributed by atoms with Gasteiger partial charge in [-0.15, -0.1) is 0 Å². The highest BCUT2D eigenvalue weighted by atomic mass is 16.4. The molecule has 5 nitrogen and oxygen atoms in total. The first kappa shape index (κ1) is 13.0. The largest absolute Gasteiger partial charge is 0.481 e. The van der Waals surface area contributed by atoms with Crippen LogP contribution < -0.4 is 11.1 Å². The second kappa shape index (κ2) is 5.84.